The molecule has 0 aliphatic rings. The lowest BCUT2D eigenvalue weighted by atomic mass is 10.1. The van der Waals surface area contributed by atoms with Crippen LogP contribution in [-0.4, -0.2) is 34.0 Å². The lowest BCUT2D eigenvalue weighted by Crippen LogP contribution is -2.14. The van der Waals surface area contributed by atoms with E-state index in [1.807, 2.05) is 13.0 Å². The third-order valence-corrected chi connectivity index (χ3v) is 2.82. The number of ether oxygens (including phenoxy) is 2. The van der Waals surface area contributed by atoms with Crippen molar-refractivity contribution in [2.24, 2.45) is 5.73 Å². The van der Waals surface area contributed by atoms with E-state index in [-0.39, 0.29) is 6.61 Å². The maximum atomic E-state index is 8.97. The summed E-state index contributed by atoms with van der Waals surface area (Å²) in [6.07, 6.45) is 0. The number of aromatic amines is 1. The largest absolute Gasteiger partial charge is 0.493 e. The number of H-pyrrole nitrogens is 1. The van der Waals surface area contributed by atoms with E-state index in [0.29, 0.717) is 29.8 Å². The van der Waals surface area contributed by atoms with Crippen LogP contribution >= 0.6 is 0 Å². The molecule has 1 aromatic heterocycles. The average Bonchev–Trinajstić information content (AvgIpc) is 2.96. The molecule has 0 radical (unpaired) electrons. The third kappa shape index (κ3) is 2.89. The number of aliphatic hydroxyl groups excluding tert-OH is 1. The quantitative estimate of drug-likeness (QED) is 0.720. The van der Waals surface area contributed by atoms with Gasteiger partial charge in [-0.25, -0.2) is 4.98 Å². The minimum atomic E-state index is -0.504. The molecule has 2 rings (SSSR count). The molecular weight excluding hydrogens is 260 g/mol. The summed E-state index contributed by atoms with van der Waals surface area (Å²) >= 11 is 0. The zero-order valence-corrected chi connectivity index (χ0v) is 11.5. The number of methoxy groups -OCH3 is 1. The second-order valence-electron chi connectivity index (χ2n) is 4.12. The molecule has 7 heteroatoms. The molecule has 0 fully saturated rings. The van der Waals surface area contributed by atoms with Gasteiger partial charge in [0.05, 0.1) is 19.8 Å². The van der Waals surface area contributed by atoms with E-state index in [1.54, 1.807) is 19.2 Å². The Balaban J connectivity index is 2.27. The summed E-state index contributed by atoms with van der Waals surface area (Å²) in [6, 6.07) is 4.94. The molecule has 4 N–H and O–H groups in total. The summed E-state index contributed by atoms with van der Waals surface area (Å²) < 4.78 is 10.7. The second kappa shape index (κ2) is 6.36. The van der Waals surface area contributed by atoms with Gasteiger partial charge >= 0.3 is 0 Å². The standard InChI is InChI=1S/C13H18N4O3/c1-3-20-9-5-4-8(6-10(9)19-2)12(14)13-15-11(7-18)16-17-13/h4-6,12,18H,3,7,14H2,1-2H3,(H,15,16,17)/t12-/m1/s1. The number of rotatable bonds is 6. The van der Waals surface area contributed by atoms with Crippen LogP contribution in [0.1, 0.15) is 30.2 Å². The molecule has 0 spiro atoms. The average molecular weight is 278 g/mol. The number of aliphatic hydroxyl groups is 1. The molecule has 0 bridgehead atoms. The highest BCUT2D eigenvalue weighted by molar-refractivity contribution is 5.44. The first-order chi connectivity index (χ1) is 9.69. The first kappa shape index (κ1) is 14.3. The molecular formula is C13H18N4O3. The van der Waals surface area contributed by atoms with Gasteiger partial charge in [0.15, 0.2) is 17.3 Å². The van der Waals surface area contributed by atoms with E-state index in [0.717, 1.165) is 5.56 Å². The monoisotopic (exact) mass is 278 g/mol. The Morgan fingerprint density at radius 3 is 2.80 bits per heavy atom. The van der Waals surface area contributed by atoms with Gasteiger partial charge in [-0.3, -0.25) is 5.10 Å². The Labute approximate surface area is 116 Å². The lowest BCUT2D eigenvalue weighted by molar-refractivity contribution is 0.271. The van der Waals surface area contributed by atoms with Crippen molar-refractivity contribution < 1.29 is 14.6 Å². The summed E-state index contributed by atoms with van der Waals surface area (Å²) in [6.45, 7) is 2.26. The van der Waals surface area contributed by atoms with E-state index in [2.05, 4.69) is 15.2 Å². The molecule has 20 heavy (non-hydrogen) atoms. The van der Waals surface area contributed by atoms with Crippen LogP contribution in [0.3, 0.4) is 0 Å². The lowest BCUT2D eigenvalue weighted by Gasteiger charge is -2.13. The smallest absolute Gasteiger partial charge is 0.171 e. The van der Waals surface area contributed by atoms with Crippen LogP contribution in [0, 0.1) is 0 Å². The molecule has 1 atom stereocenters. The second-order valence-corrected chi connectivity index (χ2v) is 4.12. The highest BCUT2D eigenvalue weighted by Gasteiger charge is 2.16. The van der Waals surface area contributed by atoms with Crippen LogP contribution < -0.4 is 15.2 Å². The van der Waals surface area contributed by atoms with Crippen molar-refractivity contribution in [2.45, 2.75) is 19.6 Å². The summed E-state index contributed by atoms with van der Waals surface area (Å²) in [7, 11) is 1.57. The van der Waals surface area contributed by atoms with Gasteiger partial charge in [-0.05, 0) is 24.6 Å². The van der Waals surface area contributed by atoms with Crippen molar-refractivity contribution in [1.82, 2.24) is 15.2 Å². The van der Waals surface area contributed by atoms with Crippen molar-refractivity contribution in [3.63, 3.8) is 0 Å². The van der Waals surface area contributed by atoms with Crippen LogP contribution in [0.2, 0.25) is 0 Å². The van der Waals surface area contributed by atoms with E-state index in [1.165, 1.54) is 0 Å². The molecule has 0 saturated heterocycles. The highest BCUT2D eigenvalue weighted by Crippen LogP contribution is 2.30. The molecule has 7 nitrogen and oxygen atoms in total. The van der Waals surface area contributed by atoms with Gasteiger partial charge in [0, 0.05) is 0 Å². The SMILES string of the molecule is CCOc1ccc([C@@H](N)c2n[nH]c(CO)n2)cc1OC. The van der Waals surface area contributed by atoms with Crippen LogP contribution in [-0.2, 0) is 6.61 Å². The van der Waals surface area contributed by atoms with Crippen molar-refractivity contribution >= 4 is 0 Å². The Hall–Kier alpha value is -2.12. The van der Waals surface area contributed by atoms with Gasteiger partial charge in [0.2, 0.25) is 0 Å². The maximum absolute atomic E-state index is 8.97. The molecule has 108 valence electrons. The number of nitrogens with one attached hydrogen (secondary N) is 1. The van der Waals surface area contributed by atoms with Gasteiger partial charge in [-0.15, -0.1) is 0 Å². The van der Waals surface area contributed by atoms with Crippen molar-refractivity contribution in [1.29, 1.82) is 0 Å². The molecule has 1 aromatic carbocycles. The summed E-state index contributed by atoms with van der Waals surface area (Å²) in [5.41, 5.74) is 6.91. The molecule has 0 aliphatic carbocycles. The number of nitrogens with zero attached hydrogens (tertiary/aromatic N) is 2. The first-order valence-electron chi connectivity index (χ1n) is 6.28. The Kier molecular flexibility index (Phi) is 4.54. The Morgan fingerprint density at radius 2 is 2.20 bits per heavy atom. The van der Waals surface area contributed by atoms with Crippen LogP contribution in [0.4, 0.5) is 0 Å². The minimum absolute atomic E-state index is 0.202. The number of benzene rings is 1. The molecule has 0 amide bonds. The van der Waals surface area contributed by atoms with Gasteiger partial charge < -0.3 is 20.3 Å². The Bertz CT molecular complexity index is 570. The number of nitrogens with two attached hydrogens (primary N) is 1. The van der Waals surface area contributed by atoms with Crippen LogP contribution in [0.15, 0.2) is 18.2 Å². The molecule has 2 aromatic rings. The number of hydrogen-bond donors (Lipinski definition) is 3. The first-order valence-corrected chi connectivity index (χ1v) is 6.28. The highest BCUT2D eigenvalue weighted by atomic mass is 16.5. The molecule has 1 heterocycles. The van der Waals surface area contributed by atoms with Gasteiger partial charge in [-0.2, -0.15) is 5.10 Å². The Morgan fingerprint density at radius 1 is 1.40 bits per heavy atom. The van der Waals surface area contributed by atoms with Gasteiger partial charge in [0.1, 0.15) is 12.4 Å². The summed E-state index contributed by atoms with van der Waals surface area (Å²) in [4.78, 5) is 4.11. The van der Waals surface area contributed by atoms with Gasteiger partial charge in [-0.1, -0.05) is 6.07 Å². The van der Waals surface area contributed by atoms with E-state index in [4.69, 9.17) is 20.3 Å². The fourth-order valence-corrected chi connectivity index (χ4v) is 1.82. The van der Waals surface area contributed by atoms with Crippen LogP contribution in [0.5, 0.6) is 11.5 Å². The van der Waals surface area contributed by atoms with Gasteiger partial charge in [0.25, 0.3) is 0 Å². The predicted octanol–water partition coefficient (Wildman–Crippen LogP) is 0.752. The predicted molar refractivity (Wildman–Crippen MR) is 72.5 cm³/mol. The summed E-state index contributed by atoms with van der Waals surface area (Å²) in [5, 5.41) is 15.6. The van der Waals surface area contributed by atoms with Crippen molar-refractivity contribution in [3.8, 4) is 11.5 Å². The van der Waals surface area contributed by atoms with Crippen molar-refractivity contribution in [3.05, 3.63) is 35.4 Å². The van der Waals surface area contributed by atoms with Crippen molar-refractivity contribution in [2.75, 3.05) is 13.7 Å². The van der Waals surface area contributed by atoms with E-state index >= 15 is 0 Å². The minimum Gasteiger partial charge on any atom is -0.493 e. The van der Waals surface area contributed by atoms with E-state index in [9.17, 15) is 0 Å². The fraction of sp³-hybridized carbons (Fsp3) is 0.385. The zero-order chi connectivity index (χ0) is 14.5. The number of aromatic nitrogens is 3. The third-order valence-electron chi connectivity index (χ3n) is 2.82. The summed E-state index contributed by atoms with van der Waals surface area (Å²) in [5.74, 6) is 2.07. The van der Waals surface area contributed by atoms with E-state index < -0.39 is 6.04 Å². The maximum Gasteiger partial charge on any atom is 0.171 e. The molecule has 0 aliphatic heterocycles. The van der Waals surface area contributed by atoms with Crippen LogP contribution in [0.25, 0.3) is 0 Å². The normalized spacial score (nSPS) is 12.2. The topological polar surface area (TPSA) is 106 Å². The number of hydrogen-bond acceptors (Lipinski definition) is 6. The fourth-order valence-electron chi connectivity index (χ4n) is 1.82. The molecule has 0 unspecified atom stereocenters. The zero-order valence-electron chi connectivity index (χ0n) is 11.5. The molecule has 0 saturated carbocycles.